The van der Waals surface area contributed by atoms with E-state index in [0.717, 1.165) is 30.3 Å². The molecule has 6 heteroatoms. The molecule has 0 aromatic heterocycles. The Balaban J connectivity index is 2.05. The van der Waals surface area contributed by atoms with Gasteiger partial charge in [-0.05, 0) is 80.2 Å². The lowest BCUT2D eigenvalue weighted by molar-refractivity contribution is 0.448. The molecule has 0 fully saturated rings. The summed E-state index contributed by atoms with van der Waals surface area (Å²) in [5.41, 5.74) is 1.09. The Bertz CT molecular complexity index is 1500. The second kappa shape index (κ2) is 7.41. The lowest BCUT2D eigenvalue weighted by Gasteiger charge is -2.18. The molecule has 0 aliphatic carbocycles. The Morgan fingerprint density at radius 3 is 1.53 bits per heavy atom. The summed E-state index contributed by atoms with van der Waals surface area (Å²) in [7, 11) is 0. The van der Waals surface area contributed by atoms with E-state index in [1.54, 1.807) is 30.3 Å². The molecule has 5 aromatic rings. The molecule has 32 heavy (non-hydrogen) atoms. The van der Waals surface area contributed by atoms with Crippen LogP contribution < -0.4 is 0 Å². The topological polar surface area (TPSA) is 0 Å². The van der Waals surface area contributed by atoms with Crippen molar-refractivity contribution in [1.29, 1.82) is 0 Å². The first-order valence-electron chi connectivity index (χ1n) is 9.59. The van der Waals surface area contributed by atoms with E-state index in [4.69, 9.17) is 0 Å². The van der Waals surface area contributed by atoms with Gasteiger partial charge in [0.25, 0.3) is 0 Å². The Hall–Kier alpha value is -3.80. The van der Waals surface area contributed by atoms with Gasteiger partial charge in [0.15, 0.2) is 29.1 Å². The smallest absolute Gasteiger partial charge is 0.194 e. The van der Waals surface area contributed by atoms with Crippen molar-refractivity contribution in [2.24, 2.45) is 0 Å². The van der Waals surface area contributed by atoms with Crippen LogP contribution in [0.1, 0.15) is 0 Å². The van der Waals surface area contributed by atoms with Crippen molar-refractivity contribution < 1.29 is 26.3 Å². The van der Waals surface area contributed by atoms with Crippen molar-refractivity contribution in [3.63, 3.8) is 0 Å². The maximum atomic E-state index is 14.3. The van der Waals surface area contributed by atoms with Gasteiger partial charge in [-0.25, -0.2) is 26.3 Å². The Kier molecular flexibility index (Phi) is 4.66. The van der Waals surface area contributed by atoms with Crippen molar-refractivity contribution in [3.8, 4) is 22.3 Å². The van der Waals surface area contributed by atoms with Crippen LogP contribution in [-0.2, 0) is 0 Å². The summed E-state index contributed by atoms with van der Waals surface area (Å²) in [6.45, 7) is 0. The highest BCUT2D eigenvalue weighted by Crippen LogP contribution is 2.44. The van der Waals surface area contributed by atoms with Crippen LogP contribution in [0.2, 0.25) is 0 Å². The van der Waals surface area contributed by atoms with Crippen LogP contribution in [0.25, 0.3) is 43.8 Å². The number of rotatable bonds is 2. The molecule has 0 unspecified atom stereocenters. The number of halogens is 6. The predicted octanol–water partition coefficient (Wildman–Crippen LogP) is 8.16. The van der Waals surface area contributed by atoms with Gasteiger partial charge in [0, 0.05) is 0 Å². The summed E-state index contributed by atoms with van der Waals surface area (Å²) in [6.07, 6.45) is 0. The summed E-state index contributed by atoms with van der Waals surface area (Å²) in [4.78, 5) is 0. The number of hydrogen-bond donors (Lipinski definition) is 0. The fourth-order valence-corrected chi connectivity index (χ4v) is 4.12. The summed E-state index contributed by atoms with van der Waals surface area (Å²) in [5.74, 6) is -7.50. The summed E-state index contributed by atoms with van der Waals surface area (Å²) < 4.78 is 84.7. The summed E-state index contributed by atoms with van der Waals surface area (Å²) in [6, 6.07) is 16.0. The van der Waals surface area contributed by atoms with Gasteiger partial charge in [0.05, 0.1) is 0 Å². The first kappa shape index (κ1) is 20.1. The summed E-state index contributed by atoms with van der Waals surface area (Å²) >= 11 is 0. The standard InChI is InChI=1S/C26H12F6/c27-15-6-7-16-17(10-15)25(14-8-22(30)26(32)23(31)9-14)19-12-21(29)20(28)11-18(19)24(16)13-4-2-1-3-5-13/h1-12H. The fourth-order valence-electron chi connectivity index (χ4n) is 4.12. The highest BCUT2D eigenvalue weighted by Gasteiger charge is 2.21. The van der Waals surface area contributed by atoms with Crippen molar-refractivity contribution in [2.75, 3.05) is 0 Å². The minimum absolute atomic E-state index is 0.0610. The van der Waals surface area contributed by atoms with Gasteiger partial charge in [0.1, 0.15) is 5.82 Å². The maximum Gasteiger partial charge on any atom is 0.194 e. The zero-order valence-electron chi connectivity index (χ0n) is 16.2. The molecule has 0 amide bonds. The van der Waals surface area contributed by atoms with Gasteiger partial charge in [-0.1, -0.05) is 36.4 Å². The lowest BCUT2D eigenvalue weighted by Crippen LogP contribution is -1.97. The summed E-state index contributed by atoms with van der Waals surface area (Å²) in [5, 5.41) is 1.03. The molecule has 0 aliphatic rings. The minimum Gasteiger partial charge on any atom is -0.207 e. The van der Waals surface area contributed by atoms with Crippen molar-refractivity contribution in [1.82, 2.24) is 0 Å². The molecule has 158 valence electrons. The first-order chi connectivity index (χ1) is 15.3. The van der Waals surface area contributed by atoms with Crippen molar-refractivity contribution >= 4 is 21.5 Å². The SMILES string of the molecule is Fc1ccc2c(-c3ccccc3)c3cc(F)c(F)cc3c(-c3cc(F)c(F)c(F)c3)c2c1. The first-order valence-corrected chi connectivity index (χ1v) is 9.59. The Morgan fingerprint density at radius 2 is 0.938 bits per heavy atom. The molecular weight excluding hydrogens is 426 g/mol. The van der Waals surface area contributed by atoms with Gasteiger partial charge in [-0.3, -0.25) is 0 Å². The Labute approximate surface area is 178 Å². The monoisotopic (exact) mass is 438 g/mol. The number of hydrogen-bond acceptors (Lipinski definition) is 0. The molecule has 0 saturated carbocycles. The second-order valence-corrected chi connectivity index (χ2v) is 7.37. The highest BCUT2D eigenvalue weighted by atomic mass is 19.2. The van der Waals surface area contributed by atoms with Crippen LogP contribution >= 0.6 is 0 Å². The van der Waals surface area contributed by atoms with Gasteiger partial charge in [0.2, 0.25) is 0 Å². The van der Waals surface area contributed by atoms with Crippen LogP contribution in [0.15, 0.2) is 72.8 Å². The molecule has 5 aromatic carbocycles. The highest BCUT2D eigenvalue weighted by molar-refractivity contribution is 6.21. The fraction of sp³-hybridized carbons (Fsp3) is 0. The van der Waals surface area contributed by atoms with Gasteiger partial charge < -0.3 is 0 Å². The quantitative estimate of drug-likeness (QED) is 0.148. The third kappa shape index (κ3) is 3.11. The van der Waals surface area contributed by atoms with E-state index >= 15 is 0 Å². The third-order valence-corrected chi connectivity index (χ3v) is 5.45. The lowest BCUT2D eigenvalue weighted by atomic mass is 9.85. The number of fused-ring (bicyclic) bond motifs is 2. The van der Waals surface area contributed by atoms with E-state index in [0.29, 0.717) is 16.5 Å². The molecule has 0 bridgehead atoms. The second-order valence-electron chi connectivity index (χ2n) is 7.37. The van der Waals surface area contributed by atoms with Crippen LogP contribution in [0.3, 0.4) is 0 Å². The molecule has 0 aliphatic heterocycles. The van der Waals surface area contributed by atoms with E-state index in [9.17, 15) is 26.3 Å². The Morgan fingerprint density at radius 1 is 0.406 bits per heavy atom. The normalized spacial score (nSPS) is 11.4. The molecule has 0 saturated heterocycles. The third-order valence-electron chi connectivity index (χ3n) is 5.45. The van der Waals surface area contributed by atoms with E-state index in [1.807, 2.05) is 0 Å². The molecule has 0 N–H and O–H groups in total. The minimum atomic E-state index is -1.66. The average molecular weight is 438 g/mol. The number of benzene rings is 5. The average Bonchev–Trinajstić information content (AvgIpc) is 2.77. The van der Waals surface area contributed by atoms with Gasteiger partial charge >= 0.3 is 0 Å². The molecule has 5 rings (SSSR count). The van der Waals surface area contributed by atoms with Crippen LogP contribution in [0.5, 0.6) is 0 Å². The zero-order chi connectivity index (χ0) is 22.6. The molecule has 0 atom stereocenters. The van der Waals surface area contributed by atoms with E-state index in [2.05, 4.69) is 0 Å². The molecule has 0 spiro atoms. The van der Waals surface area contributed by atoms with Gasteiger partial charge in [-0.15, -0.1) is 0 Å². The molecule has 0 nitrogen and oxygen atoms in total. The van der Waals surface area contributed by atoms with Crippen molar-refractivity contribution in [2.45, 2.75) is 0 Å². The van der Waals surface area contributed by atoms with Crippen LogP contribution in [-0.4, -0.2) is 0 Å². The molecular formula is C26H12F6. The maximum absolute atomic E-state index is 14.3. The predicted molar refractivity (Wildman–Crippen MR) is 112 cm³/mol. The van der Waals surface area contributed by atoms with E-state index in [1.165, 1.54) is 12.1 Å². The van der Waals surface area contributed by atoms with E-state index in [-0.39, 0.29) is 27.3 Å². The van der Waals surface area contributed by atoms with E-state index < -0.39 is 34.9 Å². The van der Waals surface area contributed by atoms with Crippen LogP contribution in [0, 0.1) is 34.9 Å². The van der Waals surface area contributed by atoms with Crippen LogP contribution in [0.4, 0.5) is 26.3 Å². The van der Waals surface area contributed by atoms with Crippen molar-refractivity contribution in [3.05, 3.63) is 108 Å². The molecule has 0 radical (unpaired) electrons. The van der Waals surface area contributed by atoms with Gasteiger partial charge in [-0.2, -0.15) is 0 Å². The zero-order valence-corrected chi connectivity index (χ0v) is 16.2. The molecule has 0 heterocycles. The largest absolute Gasteiger partial charge is 0.207 e.